The number of halogens is 1. The minimum atomic E-state index is 0.700. The molecule has 3 nitrogen and oxygen atoms in total. The van der Waals surface area contributed by atoms with Crippen LogP contribution < -0.4 is 10.1 Å². The summed E-state index contributed by atoms with van der Waals surface area (Å²) in [4.78, 5) is 4.29. The molecule has 0 aliphatic carbocycles. The van der Waals surface area contributed by atoms with Crippen LogP contribution in [0.2, 0.25) is 0 Å². The number of aryl methyl sites for hydroxylation is 1. The Labute approximate surface area is 122 Å². The number of rotatable bonds is 5. The zero-order valence-corrected chi connectivity index (χ0v) is 12.7. The van der Waals surface area contributed by atoms with E-state index in [9.17, 15) is 0 Å². The molecular formula is C15H17BrN2O. The molecule has 0 unspecified atom stereocenters. The van der Waals surface area contributed by atoms with Crippen LogP contribution in [0.5, 0.6) is 5.75 Å². The second-order valence-electron chi connectivity index (χ2n) is 4.21. The van der Waals surface area contributed by atoms with Crippen LogP contribution in [0.1, 0.15) is 18.1 Å². The van der Waals surface area contributed by atoms with Gasteiger partial charge in [0.15, 0.2) is 0 Å². The number of hydrogen-bond donors (Lipinski definition) is 1. The highest BCUT2D eigenvalue weighted by Gasteiger charge is 2.04. The molecule has 0 aliphatic heterocycles. The maximum absolute atomic E-state index is 5.38. The first-order chi connectivity index (χ1) is 9.22. The molecule has 0 amide bonds. The highest BCUT2D eigenvalue weighted by atomic mass is 79.9. The fourth-order valence-electron chi connectivity index (χ4n) is 1.86. The molecule has 100 valence electrons. The van der Waals surface area contributed by atoms with Gasteiger partial charge in [-0.3, -0.25) is 0 Å². The van der Waals surface area contributed by atoms with Gasteiger partial charge in [-0.05, 0) is 46.1 Å². The zero-order valence-electron chi connectivity index (χ0n) is 11.1. The van der Waals surface area contributed by atoms with Gasteiger partial charge in [-0.2, -0.15) is 0 Å². The van der Waals surface area contributed by atoms with E-state index in [1.807, 2.05) is 18.2 Å². The normalized spacial score (nSPS) is 10.3. The average Bonchev–Trinajstić information content (AvgIpc) is 2.46. The minimum absolute atomic E-state index is 0.700. The number of hydrogen-bond acceptors (Lipinski definition) is 3. The van der Waals surface area contributed by atoms with E-state index in [0.717, 1.165) is 28.0 Å². The van der Waals surface area contributed by atoms with Crippen LogP contribution in [0.3, 0.4) is 0 Å². The second-order valence-corrected chi connectivity index (χ2v) is 5.13. The first-order valence-electron chi connectivity index (χ1n) is 6.24. The molecule has 0 atom stereocenters. The fraction of sp³-hybridized carbons (Fsp3) is 0.267. The van der Waals surface area contributed by atoms with Crippen LogP contribution >= 0.6 is 15.9 Å². The molecule has 0 fully saturated rings. The number of methoxy groups -OCH3 is 1. The van der Waals surface area contributed by atoms with Crippen molar-refractivity contribution in [3.8, 4) is 5.75 Å². The zero-order chi connectivity index (χ0) is 13.7. The van der Waals surface area contributed by atoms with E-state index < -0.39 is 0 Å². The number of nitrogens with one attached hydrogen (secondary N) is 1. The van der Waals surface area contributed by atoms with Crippen LogP contribution in [-0.4, -0.2) is 12.1 Å². The molecule has 0 bridgehead atoms. The molecule has 0 spiro atoms. The van der Waals surface area contributed by atoms with Crippen molar-refractivity contribution in [1.29, 1.82) is 0 Å². The molecule has 0 radical (unpaired) electrons. The van der Waals surface area contributed by atoms with E-state index >= 15 is 0 Å². The first kappa shape index (κ1) is 13.9. The molecule has 0 saturated carbocycles. The molecular weight excluding hydrogens is 304 g/mol. The Kier molecular flexibility index (Phi) is 4.80. The summed E-state index contributed by atoms with van der Waals surface area (Å²) in [5.74, 6) is 1.76. The predicted molar refractivity (Wildman–Crippen MR) is 81.6 cm³/mol. The lowest BCUT2D eigenvalue weighted by Crippen LogP contribution is -2.03. The van der Waals surface area contributed by atoms with Crippen molar-refractivity contribution in [3.63, 3.8) is 0 Å². The maximum atomic E-state index is 5.38. The number of benzene rings is 1. The van der Waals surface area contributed by atoms with Crippen molar-refractivity contribution in [1.82, 2.24) is 4.98 Å². The molecule has 2 rings (SSSR count). The quantitative estimate of drug-likeness (QED) is 0.903. The monoisotopic (exact) mass is 320 g/mol. The van der Waals surface area contributed by atoms with Gasteiger partial charge >= 0.3 is 0 Å². The van der Waals surface area contributed by atoms with Gasteiger partial charge < -0.3 is 10.1 Å². The molecule has 1 aromatic carbocycles. The van der Waals surface area contributed by atoms with Crippen molar-refractivity contribution in [3.05, 3.63) is 52.1 Å². The van der Waals surface area contributed by atoms with Gasteiger partial charge in [-0.1, -0.05) is 19.1 Å². The van der Waals surface area contributed by atoms with Crippen molar-refractivity contribution in [2.45, 2.75) is 19.9 Å². The summed E-state index contributed by atoms with van der Waals surface area (Å²) in [6.45, 7) is 2.85. The maximum Gasteiger partial charge on any atom is 0.126 e. The van der Waals surface area contributed by atoms with E-state index in [-0.39, 0.29) is 0 Å². The lowest BCUT2D eigenvalue weighted by molar-refractivity contribution is 0.410. The molecule has 0 aliphatic rings. The average molecular weight is 321 g/mol. The highest BCUT2D eigenvalue weighted by molar-refractivity contribution is 9.10. The number of anilines is 1. The largest absolute Gasteiger partial charge is 0.496 e. The molecule has 1 N–H and O–H groups in total. The third-order valence-corrected chi connectivity index (χ3v) is 3.41. The fourth-order valence-corrected chi connectivity index (χ4v) is 2.09. The smallest absolute Gasteiger partial charge is 0.126 e. The molecule has 19 heavy (non-hydrogen) atoms. The van der Waals surface area contributed by atoms with Crippen molar-refractivity contribution >= 4 is 21.7 Å². The summed E-state index contributed by atoms with van der Waals surface area (Å²) in [7, 11) is 1.70. The Balaban J connectivity index is 2.11. The Morgan fingerprint density at radius 1 is 1.26 bits per heavy atom. The molecule has 1 heterocycles. The van der Waals surface area contributed by atoms with Crippen molar-refractivity contribution < 1.29 is 4.74 Å². The third-order valence-electron chi connectivity index (χ3n) is 2.94. The van der Waals surface area contributed by atoms with E-state index in [1.54, 1.807) is 13.3 Å². The number of nitrogens with zero attached hydrogens (tertiary/aromatic N) is 1. The van der Waals surface area contributed by atoms with E-state index in [4.69, 9.17) is 4.74 Å². The lowest BCUT2D eigenvalue weighted by atomic mass is 10.1. The highest BCUT2D eigenvalue weighted by Crippen LogP contribution is 2.21. The summed E-state index contributed by atoms with van der Waals surface area (Å²) in [6, 6.07) is 10.2. The number of pyridine rings is 1. The predicted octanol–water partition coefficient (Wildman–Crippen LogP) is 4.03. The standard InChI is InChI=1S/C15H17BrN2O/c1-3-11-4-6-14(19-2)12(8-11)9-17-15-7-5-13(16)10-18-15/h4-8,10H,3,9H2,1-2H3,(H,17,18). The van der Waals surface area contributed by atoms with Gasteiger partial charge in [0.1, 0.15) is 11.6 Å². The molecule has 4 heteroatoms. The van der Waals surface area contributed by atoms with Gasteiger partial charge in [-0.15, -0.1) is 0 Å². The van der Waals surface area contributed by atoms with Crippen LogP contribution in [0.4, 0.5) is 5.82 Å². The van der Waals surface area contributed by atoms with Gasteiger partial charge in [0.2, 0.25) is 0 Å². The molecule has 2 aromatic rings. The van der Waals surface area contributed by atoms with Crippen LogP contribution in [0.15, 0.2) is 41.0 Å². The molecule has 0 saturated heterocycles. The summed E-state index contributed by atoms with van der Waals surface area (Å²) in [5.41, 5.74) is 2.45. The van der Waals surface area contributed by atoms with E-state index in [0.29, 0.717) is 6.54 Å². The Morgan fingerprint density at radius 3 is 2.74 bits per heavy atom. The third kappa shape index (κ3) is 3.70. The summed E-state index contributed by atoms with van der Waals surface area (Å²) >= 11 is 3.37. The van der Waals surface area contributed by atoms with Gasteiger partial charge in [0, 0.05) is 22.8 Å². The van der Waals surface area contributed by atoms with Gasteiger partial charge in [0.05, 0.1) is 7.11 Å². The Bertz CT molecular complexity index is 540. The summed E-state index contributed by atoms with van der Waals surface area (Å²) < 4.78 is 6.36. The van der Waals surface area contributed by atoms with Crippen LogP contribution in [-0.2, 0) is 13.0 Å². The van der Waals surface area contributed by atoms with Crippen LogP contribution in [0.25, 0.3) is 0 Å². The summed E-state index contributed by atoms with van der Waals surface area (Å²) in [6.07, 6.45) is 2.80. The Hall–Kier alpha value is -1.55. The van der Waals surface area contributed by atoms with Crippen molar-refractivity contribution in [2.75, 3.05) is 12.4 Å². The number of ether oxygens (including phenoxy) is 1. The molecule has 1 aromatic heterocycles. The Morgan fingerprint density at radius 2 is 2.11 bits per heavy atom. The van der Waals surface area contributed by atoms with E-state index in [2.05, 4.69) is 45.3 Å². The summed E-state index contributed by atoms with van der Waals surface area (Å²) in [5, 5.41) is 3.30. The van der Waals surface area contributed by atoms with E-state index in [1.165, 1.54) is 5.56 Å². The van der Waals surface area contributed by atoms with Gasteiger partial charge in [0.25, 0.3) is 0 Å². The number of aromatic nitrogens is 1. The van der Waals surface area contributed by atoms with Crippen LogP contribution in [0, 0.1) is 0 Å². The lowest BCUT2D eigenvalue weighted by Gasteiger charge is -2.11. The van der Waals surface area contributed by atoms with Crippen molar-refractivity contribution in [2.24, 2.45) is 0 Å². The topological polar surface area (TPSA) is 34.1 Å². The SMILES string of the molecule is CCc1ccc(OC)c(CNc2ccc(Br)cn2)c1. The minimum Gasteiger partial charge on any atom is -0.496 e. The second kappa shape index (κ2) is 6.57. The first-order valence-corrected chi connectivity index (χ1v) is 7.03. The van der Waals surface area contributed by atoms with Gasteiger partial charge in [-0.25, -0.2) is 4.98 Å².